The van der Waals surface area contributed by atoms with Crippen LogP contribution in [0.25, 0.3) is 11.1 Å². The predicted molar refractivity (Wildman–Crippen MR) is 167 cm³/mol. The molecule has 240 valence electrons. The predicted octanol–water partition coefficient (Wildman–Crippen LogP) is 5.17. The Morgan fingerprint density at radius 1 is 0.911 bits per heavy atom. The van der Waals surface area contributed by atoms with Crippen LogP contribution in [0.4, 0.5) is 26.1 Å². The summed E-state index contributed by atoms with van der Waals surface area (Å²) in [5.74, 6) is 0.571. The van der Waals surface area contributed by atoms with Gasteiger partial charge in [-0.1, -0.05) is 53.0 Å². The molecule has 0 atom stereocenters. The Labute approximate surface area is 271 Å². The van der Waals surface area contributed by atoms with Crippen molar-refractivity contribution >= 4 is 78.9 Å². The number of hydrogen-bond acceptors (Lipinski definition) is 10. The van der Waals surface area contributed by atoms with E-state index in [-0.39, 0.29) is 35.6 Å². The number of rotatable bonds is 8. The van der Waals surface area contributed by atoms with Gasteiger partial charge < -0.3 is 26.8 Å². The highest BCUT2D eigenvalue weighted by atomic mass is 35.5. The molecule has 8 N–H and O–H groups in total. The van der Waals surface area contributed by atoms with Crippen LogP contribution in [0.15, 0.2) is 65.6 Å². The van der Waals surface area contributed by atoms with Crippen LogP contribution in [0.2, 0.25) is 15.1 Å². The molecule has 1 aromatic heterocycles. The van der Waals surface area contributed by atoms with Gasteiger partial charge in [0.05, 0.1) is 26.4 Å². The van der Waals surface area contributed by atoms with Crippen molar-refractivity contribution in [3.63, 3.8) is 0 Å². The molecular weight excluding hydrogens is 702 g/mol. The summed E-state index contributed by atoms with van der Waals surface area (Å²) in [6, 6.07) is 14.2. The second-order valence-corrected chi connectivity index (χ2v) is 12.2. The summed E-state index contributed by atoms with van der Waals surface area (Å²) in [4.78, 5) is 20.0. The van der Waals surface area contributed by atoms with E-state index in [1.807, 2.05) is 0 Å². The summed E-state index contributed by atoms with van der Waals surface area (Å²) in [5.41, 5.74) is 14.1. The number of urea groups is 1. The zero-order valence-electron chi connectivity index (χ0n) is 22.4. The average Bonchev–Trinajstić information content (AvgIpc) is 2.92. The largest absolute Gasteiger partial charge is 0.487 e. The van der Waals surface area contributed by atoms with Gasteiger partial charge in [0, 0.05) is 12.1 Å². The molecule has 0 aliphatic carbocycles. The number of nitrogens with two attached hydrogens (primary N) is 2. The number of carbonyl (C=O) groups excluding carboxylic acids is 1. The van der Waals surface area contributed by atoms with E-state index >= 15 is 0 Å². The molecule has 2 amide bonds. The monoisotopic (exact) mass is 722 g/mol. The third-order valence-electron chi connectivity index (χ3n) is 5.43. The molecule has 3 aromatic carbocycles. The molecule has 0 spiro atoms. The van der Waals surface area contributed by atoms with Crippen molar-refractivity contribution in [2.24, 2.45) is 0 Å². The summed E-state index contributed by atoms with van der Waals surface area (Å²) >= 11 is 18.2. The van der Waals surface area contributed by atoms with Crippen LogP contribution in [0, 0.1) is 0 Å². The number of nitrogens with zero attached hydrogens (tertiary/aromatic N) is 2. The van der Waals surface area contributed by atoms with Crippen molar-refractivity contribution < 1.29 is 39.4 Å². The number of aromatic nitrogens is 2. The van der Waals surface area contributed by atoms with Gasteiger partial charge in [0.2, 0.25) is 5.95 Å². The maximum absolute atomic E-state index is 13.3. The molecule has 4 aromatic rings. The van der Waals surface area contributed by atoms with E-state index < -0.39 is 31.5 Å². The number of carbonyl (C=O) groups is 1. The summed E-state index contributed by atoms with van der Waals surface area (Å²) in [5, 5.41) is 5.73. The minimum atomic E-state index is -4.97. The Kier molecular flexibility index (Phi) is 11.7. The van der Waals surface area contributed by atoms with Crippen LogP contribution in [-0.2, 0) is 33.8 Å². The lowest BCUT2D eigenvalue weighted by atomic mass is 10.0. The summed E-state index contributed by atoms with van der Waals surface area (Å²) in [6.07, 6.45) is 0. The number of amides is 2. The molecule has 1 heterocycles. The Balaban J connectivity index is 0.00000102. The van der Waals surface area contributed by atoms with Gasteiger partial charge in [-0.2, -0.15) is 21.8 Å². The maximum Gasteiger partial charge on any atom is 0.394 e. The number of nitrogen functional groups attached to an aromatic ring is 2. The molecule has 0 unspecified atom stereocenters. The van der Waals surface area contributed by atoms with Gasteiger partial charge in [0.1, 0.15) is 23.1 Å². The van der Waals surface area contributed by atoms with Crippen molar-refractivity contribution in [2.45, 2.75) is 18.0 Å². The van der Waals surface area contributed by atoms with Crippen LogP contribution in [0.5, 0.6) is 5.75 Å². The molecule has 0 radical (unpaired) electrons. The number of benzene rings is 3. The Bertz CT molecular complexity index is 1950. The van der Waals surface area contributed by atoms with Crippen LogP contribution >= 0.6 is 34.8 Å². The molecule has 0 saturated carbocycles. The van der Waals surface area contributed by atoms with Crippen molar-refractivity contribution in [3.8, 4) is 16.9 Å². The second-order valence-electron chi connectivity index (χ2n) is 8.69. The fourth-order valence-electron chi connectivity index (χ4n) is 3.61. The number of hydrogen-bond donors (Lipinski definition) is 6. The first-order chi connectivity index (χ1) is 20.9. The third kappa shape index (κ3) is 11.2. The topological polar surface area (TPSA) is 237 Å². The lowest BCUT2D eigenvalue weighted by Gasteiger charge is -2.14. The smallest absolute Gasteiger partial charge is 0.394 e. The van der Waals surface area contributed by atoms with Gasteiger partial charge in [0.15, 0.2) is 0 Å². The van der Waals surface area contributed by atoms with Crippen LogP contribution in [-0.4, -0.2) is 41.9 Å². The van der Waals surface area contributed by atoms with Crippen LogP contribution in [0.1, 0.15) is 11.3 Å². The molecule has 45 heavy (non-hydrogen) atoms. The first kappa shape index (κ1) is 35.5. The zero-order chi connectivity index (χ0) is 33.5. The number of nitrogens with one attached hydrogen (secondary N) is 2. The SMILES string of the molecule is Nc1nc(N)c(-c2ccc(Cl)c(Cl)c2)c(COc2cccc(CNC(=O)Nc3cc(S(=O)(=O)F)ccc3Cl)c2)n1.O=S(=O)(O)O. The molecule has 20 heteroatoms. The van der Waals surface area contributed by atoms with Crippen LogP contribution in [0.3, 0.4) is 0 Å². The molecule has 0 fully saturated rings. The average molecular weight is 724 g/mol. The van der Waals surface area contributed by atoms with Crippen LogP contribution < -0.4 is 26.8 Å². The van der Waals surface area contributed by atoms with Crippen molar-refractivity contribution in [1.29, 1.82) is 0 Å². The van der Waals surface area contributed by atoms with E-state index in [0.29, 0.717) is 38.2 Å². The highest BCUT2D eigenvalue weighted by molar-refractivity contribution is 7.86. The van der Waals surface area contributed by atoms with Gasteiger partial charge in [-0.15, -0.1) is 3.89 Å². The normalized spacial score (nSPS) is 11.2. The van der Waals surface area contributed by atoms with E-state index in [1.54, 1.807) is 42.5 Å². The zero-order valence-corrected chi connectivity index (χ0v) is 26.3. The highest BCUT2D eigenvalue weighted by Gasteiger charge is 2.17. The van der Waals surface area contributed by atoms with Gasteiger partial charge in [-0.3, -0.25) is 9.11 Å². The van der Waals surface area contributed by atoms with Gasteiger partial charge in [-0.25, -0.2) is 9.78 Å². The Morgan fingerprint density at radius 2 is 1.58 bits per heavy atom. The fraction of sp³-hybridized carbons (Fsp3) is 0.0800. The quantitative estimate of drug-likeness (QED) is 0.102. The third-order valence-corrected chi connectivity index (χ3v) is 7.32. The second kappa shape index (κ2) is 14.9. The van der Waals surface area contributed by atoms with Gasteiger partial charge in [0.25, 0.3) is 0 Å². The molecule has 0 aliphatic rings. The van der Waals surface area contributed by atoms with E-state index in [4.69, 9.17) is 68.5 Å². The molecule has 14 nitrogen and oxygen atoms in total. The van der Waals surface area contributed by atoms with Crippen molar-refractivity contribution in [1.82, 2.24) is 15.3 Å². The molecule has 4 rings (SSSR count). The lowest BCUT2D eigenvalue weighted by molar-refractivity contribution is 0.251. The molecule has 0 bridgehead atoms. The summed E-state index contributed by atoms with van der Waals surface area (Å²) in [6.45, 7) is 0.0554. The minimum absolute atomic E-state index is 0.0177. The number of anilines is 3. The minimum Gasteiger partial charge on any atom is -0.487 e. The first-order valence-electron chi connectivity index (χ1n) is 12.0. The maximum atomic E-state index is 13.3. The van der Waals surface area contributed by atoms with E-state index in [0.717, 1.165) is 18.2 Å². The van der Waals surface area contributed by atoms with Crippen molar-refractivity contribution in [2.75, 3.05) is 16.8 Å². The van der Waals surface area contributed by atoms with E-state index in [9.17, 15) is 17.1 Å². The fourth-order valence-corrected chi connectivity index (χ4v) is 4.57. The van der Waals surface area contributed by atoms with Crippen molar-refractivity contribution in [3.05, 3.63) is 87.0 Å². The Morgan fingerprint density at radius 3 is 2.22 bits per heavy atom. The van der Waals surface area contributed by atoms with Gasteiger partial charge >= 0.3 is 26.7 Å². The first-order valence-corrected chi connectivity index (χ1v) is 15.9. The Hall–Kier alpha value is -3.97. The molecule has 0 aliphatic heterocycles. The highest BCUT2D eigenvalue weighted by Crippen LogP contribution is 2.34. The van der Waals surface area contributed by atoms with E-state index in [2.05, 4.69) is 20.6 Å². The molecule has 0 saturated heterocycles. The van der Waals surface area contributed by atoms with E-state index in [1.165, 1.54) is 0 Å². The lowest BCUT2D eigenvalue weighted by Crippen LogP contribution is -2.28. The number of ether oxygens (including phenoxy) is 1. The standard InChI is InChI=1S/C25H20Cl3FN6O4S.H2O4S/c26-17-6-4-14(9-19(17)28)22-21(33-24(31)35-23(22)30)12-39-15-3-1-2-13(8-15)11-32-25(36)34-20-10-16(40(29,37)38)5-7-18(20)27;1-5(2,3)4/h1-10H,11-12H2,(H2,32,34,36)(H4,30,31,33,35);(H2,1,2,3,4). The number of halogens is 4. The van der Waals surface area contributed by atoms with Gasteiger partial charge in [-0.05, 0) is 53.6 Å². The summed E-state index contributed by atoms with van der Waals surface area (Å²) in [7, 11) is -9.63. The molecular formula is C25H22Cl3FN6O8S2. The summed E-state index contributed by atoms with van der Waals surface area (Å²) < 4.78 is 73.1.